The quantitative estimate of drug-likeness (QED) is 0.704. The van der Waals surface area contributed by atoms with Crippen LogP contribution in [0.1, 0.15) is 0 Å². The lowest BCUT2D eigenvalue weighted by atomic mass is 10.7. The molecule has 0 spiro atoms. The second kappa shape index (κ2) is 4.92. The summed E-state index contributed by atoms with van der Waals surface area (Å²) < 4.78 is 2.93. The maximum absolute atomic E-state index is 3.94. The number of thiophene rings is 1. The van der Waals surface area contributed by atoms with Crippen LogP contribution in [0.25, 0.3) is 0 Å². The molecule has 0 aromatic carbocycles. The number of rotatable bonds is 5. The Balaban J connectivity index is 3.18. The van der Waals surface area contributed by atoms with Gasteiger partial charge in [0.05, 0.1) is 8.80 Å². The highest BCUT2D eigenvalue weighted by Gasteiger charge is 2.26. The second-order valence-corrected chi connectivity index (χ2v) is 11.7. The van der Waals surface area contributed by atoms with E-state index < -0.39 is 8.07 Å². The molecule has 15 heavy (non-hydrogen) atoms. The van der Waals surface area contributed by atoms with Gasteiger partial charge >= 0.3 is 0 Å². The maximum atomic E-state index is 3.94. The van der Waals surface area contributed by atoms with Crippen molar-refractivity contribution in [3.63, 3.8) is 0 Å². The van der Waals surface area contributed by atoms with Crippen LogP contribution in [-0.4, -0.2) is 16.9 Å². The van der Waals surface area contributed by atoms with Crippen LogP contribution in [0.4, 0.5) is 0 Å². The minimum atomic E-state index is -1.79. The monoisotopic (exact) mass is 249 g/mol. The topological polar surface area (TPSA) is 0 Å². The summed E-state index contributed by atoms with van der Waals surface area (Å²) in [6, 6.07) is 4.49. The fraction of sp³-hybridized carbons (Fsp3) is 0.167. The molecular weight excluding hydrogens is 232 g/mol. The Morgan fingerprint density at radius 1 is 1.13 bits per heavy atom. The summed E-state index contributed by atoms with van der Waals surface area (Å²) in [5, 5.41) is 0. The van der Waals surface area contributed by atoms with Gasteiger partial charge < -0.3 is 0 Å². The van der Waals surface area contributed by atoms with Crippen molar-refractivity contribution >= 4 is 37.2 Å². The molecule has 0 aliphatic carbocycles. The Kier molecular flexibility index (Phi) is 4.07. The van der Waals surface area contributed by atoms with E-state index in [2.05, 4.69) is 45.0 Å². The van der Waals surface area contributed by atoms with Gasteiger partial charge in [-0.3, -0.25) is 0 Å². The van der Waals surface area contributed by atoms with Crippen molar-refractivity contribution in [2.24, 2.45) is 0 Å². The van der Waals surface area contributed by atoms with Crippen molar-refractivity contribution in [3.05, 3.63) is 49.0 Å². The van der Waals surface area contributed by atoms with Gasteiger partial charge in [0.2, 0.25) is 0 Å². The Hall–Kier alpha value is -0.646. The average Bonchev–Trinajstić information content (AvgIpc) is 2.71. The molecule has 1 radical (unpaired) electrons. The third-order valence-electron chi connectivity index (χ3n) is 2.54. The molecule has 0 N–H and O–H groups in total. The van der Waals surface area contributed by atoms with E-state index in [1.807, 2.05) is 28.4 Å². The predicted octanol–water partition coefficient (Wildman–Crippen LogP) is 2.54. The fourth-order valence-electron chi connectivity index (χ4n) is 1.39. The normalized spacial score (nSPS) is 11.4. The standard InChI is InChI=1S/C12H17SSi2/c1-6-15(7-2,8-3)12-10-9-11(13-12)14(4)5/h6-10H,1-3H2,4-5H3. The van der Waals surface area contributed by atoms with E-state index >= 15 is 0 Å². The van der Waals surface area contributed by atoms with Gasteiger partial charge in [-0.15, -0.1) is 19.7 Å². The fourth-order valence-corrected chi connectivity index (χ4v) is 7.03. The Morgan fingerprint density at radius 3 is 2.00 bits per heavy atom. The summed E-state index contributed by atoms with van der Waals surface area (Å²) in [5.41, 5.74) is 6.13. The first kappa shape index (κ1) is 12.4. The molecule has 1 heterocycles. The van der Waals surface area contributed by atoms with Gasteiger partial charge in [0, 0.05) is 4.50 Å². The summed E-state index contributed by atoms with van der Waals surface area (Å²) in [7, 11) is -2.13. The Bertz CT molecular complexity index is 355. The van der Waals surface area contributed by atoms with Crippen LogP contribution < -0.4 is 9.00 Å². The molecule has 1 aromatic heterocycles. The molecule has 0 bridgehead atoms. The second-order valence-electron chi connectivity index (χ2n) is 3.71. The minimum absolute atomic E-state index is 0.337. The Labute approximate surface area is 99.3 Å². The molecule has 0 amide bonds. The molecular formula is C12H17SSi2. The lowest BCUT2D eigenvalue weighted by Crippen LogP contribution is -2.40. The minimum Gasteiger partial charge on any atom is -0.154 e. The summed E-state index contributed by atoms with van der Waals surface area (Å²) in [6.45, 7) is 16.5. The van der Waals surface area contributed by atoms with Crippen molar-refractivity contribution in [3.8, 4) is 0 Å². The smallest absolute Gasteiger partial charge is 0.154 e. The molecule has 3 heteroatoms. The van der Waals surface area contributed by atoms with E-state index in [0.29, 0.717) is 0 Å². The maximum Gasteiger partial charge on any atom is 0.167 e. The Morgan fingerprint density at radius 2 is 1.67 bits per heavy atom. The zero-order chi connectivity index (χ0) is 11.5. The first-order valence-electron chi connectivity index (χ1n) is 4.91. The molecule has 0 fully saturated rings. The molecule has 0 saturated heterocycles. The van der Waals surface area contributed by atoms with E-state index in [4.69, 9.17) is 0 Å². The van der Waals surface area contributed by atoms with E-state index in [1.165, 1.54) is 9.00 Å². The van der Waals surface area contributed by atoms with Crippen molar-refractivity contribution < 1.29 is 0 Å². The van der Waals surface area contributed by atoms with Crippen molar-refractivity contribution in [1.29, 1.82) is 0 Å². The zero-order valence-electron chi connectivity index (χ0n) is 9.42. The number of hydrogen-bond acceptors (Lipinski definition) is 1. The van der Waals surface area contributed by atoms with Crippen LogP contribution >= 0.6 is 11.3 Å². The molecule has 0 saturated carbocycles. The van der Waals surface area contributed by atoms with Crippen LogP contribution in [0.2, 0.25) is 13.1 Å². The van der Waals surface area contributed by atoms with Gasteiger partial charge in [0.15, 0.2) is 8.07 Å². The molecule has 0 atom stereocenters. The van der Waals surface area contributed by atoms with Gasteiger partial charge in [-0.2, -0.15) is 11.3 Å². The van der Waals surface area contributed by atoms with Crippen LogP contribution in [0, 0.1) is 0 Å². The van der Waals surface area contributed by atoms with Crippen molar-refractivity contribution in [1.82, 2.24) is 0 Å². The molecule has 0 unspecified atom stereocenters. The largest absolute Gasteiger partial charge is 0.167 e. The van der Waals surface area contributed by atoms with Crippen LogP contribution in [0.5, 0.6) is 0 Å². The predicted molar refractivity (Wildman–Crippen MR) is 77.4 cm³/mol. The van der Waals surface area contributed by atoms with Gasteiger partial charge in [0.1, 0.15) is 0 Å². The lowest BCUT2D eigenvalue weighted by Gasteiger charge is -2.17. The molecule has 1 rings (SSSR count). The highest BCUT2D eigenvalue weighted by atomic mass is 32.1. The van der Waals surface area contributed by atoms with Crippen molar-refractivity contribution in [2.45, 2.75) is 13.1 Å². The van der Waals surface area contributed by atoms with Gasteiger partial charge in [-0.1, -0.05) is 42.3 Å². The summed E-state index contributed by atoms with van der Waals surface area (Å²) in [4.78, 5) is 0. The first-order chi connectivity index (χ1) is 7.09. The number of hydrogen-bond donors (Lipinski definition) is 0. The summed E-state index contributed by atoms with van der Waals surface area (Å²) >= 11 is 1.91. The third kappa shape index (κ3) is 2.30. The molecule has 79 valence electrons. The van der Waals surface area contributed by atoms with E-state index in [1.54, 1.807) is 0 Å². The third-order valence-corrected chi connectivity index (χ3v) is 10.3. The first-order valence-corrected chi connectivity index (χ1v) is 10.5. The molecule has 0 aliphatic rings. The highest BCUT2D eigenvalue weighted by molar-refractivity contribution is 7.36. The van der Waals surface area contributed by atoms with Gasteiger partial charge in [-0.25, -0.2) is 0 Å². The SMILES string of the molecule is C=C[Si](C=C)(C=C)c1ccc([Si](C)C)s1. The molecule has 1 aromatic rings. The van der Waals surface area contributed by atoms with Crippen LogP contribution in [0.3, 0.4) is 0 Å². The van der Waals surface area contributed by atoms with E-state index in [0.717, 1.165) is 0 Å². The van der Waals surface area contributed by atoms with E-state index in [9.17, 15) is 0 Å². The summed E-state index contributed by atoms with van der Waals surface area (Å²) in [5.74, 6) is 0. The lowest BCUT2D eigenvalue weighted by molar-refractivity contribution is 1.97. The van der Waals surface area contributed by atoms with Gasteiger partial charge in [-0.05, 0) is 4.50 Å². The van der Waals surface area contributed by atoms with Crippen LogP contribution in [0.15, 0.2) is 49.0 Å². The average molecular weight is 250 g/mol. The van der Waals surface area contributed by atoms with Gasteiger partial charge in [0.25, 0.3) is 0 Å². The summed E-state index contributed by atoms with van der Waals surface area (Å²) in [6.07, 6.45) is 0. The van der Waals surface area contributed by atoms with Crippen LogP contribution in [-0.2, 0) is 0 Å². The van der Waals surface area contributed by atoms with E-state index in [-0.39, 0.29) is 8.80 Å². The molecule has 0 aliphatic heterocycles. The molecule has 0 nitrogen and oxygen atoms in total. The highest BCUT2D eigenvalue weighted by Crippen LogP contribution is 2.11. The zero-order valence-corrected chi connectivity index (χ0v) is 12.2. The van der Waals surface area contributed by atoms with Crippen molar-refractivity contribution in [2.75, 3.05) is 0 Å².